The maximum absolute atomic E-state index is 6.13. The van der Waals surface area contributed by atoms with Gasteiger partial charge in [0.1, 0.15) is 46.4 Å². The van der Waals surface area contributed by atoms with Gasteiger partial charge in [-0.15, -0.1) is 0 Å². The highest BCUT2D eigenvalue weighted by atomic mass is 79.9. The van der Waals surface area contributed by atoms with Crippen molar-refractivity contribution in [3.8, 4) is 34.5 Å². The monoisotopic (exact) mass is 1060 g/mol. The van der Waals surface area contributed by atoms with E-state index in [9.17, 15) is 0 Å². The Morgan fingerprint density at radius 3 is 0.627 bits per heavy atom. The van der Waals surface area contributed by atoms with Gasteiger partial charge in [-0.2, -0.15) is 0 Å². The molecule has 0 aliphatic carbocycles. The van der Waals surface area contributed by atoms with E-state index >= 15 is 0 Å². The van der Waals surface area contributed by atoms with Crippen LogP contribution in [0.25, 0.3) is 0 Å². The van der Waals surface area contributed by atoms with Crippen molar-refractivity contribution in [1.29, 1.82) is 0 Å². The highest BCUT2D eigenvalue weighted by Crippen LogP contribution is 2.64. The first kappa shape index (κ1) is 50.8. The fourth-order valence-electron chi connectivity index (χ4n) is 9.27. The Morgan fingerprint density at radius 1 is 0.254 bits per heavy atom. The molecule has 0 unspecified atom stereocenters. The summed E-state index contributed by atoms with van der Waals surface area (Å²) in [5.41, 5.74) is 4.89. The molecule has 0 bridgehead atoms. The van der Waals surface area contributed by atoms with Crippen LogP contribution in [0.4, 0.5) is 0 Å². The molecule has 0 atom stereocenters. The maximum Gasteiger partial charge on any atom is 0.161 e. The number of ether oxygens (including phenoxy) is 6. The Labute approximate surface area is 418 Å². The molecule has 8 rings (SSSR count). The minimum atomic E-state index is -2.52. The van der Waals surface area contributed by atoms with Crippen LogP contribution in [0.2, 0.25) is 0 Å². The number of halogens is 2. The van der Waals surface area contributed by atoms with Crippen molar-refractivity contribution in [2.75, 3.05) is 42.7 Å². The molecule has 8 aromatic carbocycles. The minimum absolute atomic E-state index is 0. The number of methoxy groups -OCH3 is 6. The van der Waals surface area contributed by atoms with E-state index in [4.69, 9.17) is 28.4 Å². The van der Waals surface area contributed by atoms with Crippen molar-refractivity contribution < 1.29 is 62.4 Å². The summed E-state index contributed by atoms with van der Waals surface area (Å²) in [6.07, 6.45) is 2.26. The predicted molar refractivity (Wildman–Crippen MR) is 273 cm³/mol. The lowest BCUT2D eigenvalue weighted by Crippen LogP contribution is -3.00. The normalized spacial score (nSPS) is 11.1. The van der Waals surface area contributed by atoms with Crippen molar-refractivity contribution in [3.63, 3.8) is 0 Å². The summed E-state index contributed by atoms with van der Waals surface area (Å²) in [5.74, 6) is 5.03. The van der Waals surface area contributed by atoms with Gasteiger partial charge in [0, 0.05) is 0 Å². The van der Waals surface area contributed by atoms with Gasteiger partial charge < -0.3 is 62.4 Å². The average molecular weight is 1060 g/mol. The number of benzene rings is 8. The summed E-state index contributed by atoms with van der Waals surface area (Å²) in [7, 11) is 5.45. The highest BCUT2D eigenvalue weighted by molar-refractivity contribution is 7.96. The quantitative estimate of drug-likeness (QED) is 0.120. The molecule has 0 saturated carbocycles. The van der Waals surface area contributed by atoms with Crippen molar-refractivity contribution in [3.05, 3.63) is 216 Å². The van der Waals surface area contributed by atoms with E-state index in [-0.39, 0.29) is 34.0 Å². The van der Waals surface area contributed by atoms with E-state index in [1.54, 1.807) is 42.7 Å². The van der Waals surface area contributed by atoms with Crippen molar-refractivity contribution in [1.82, 2.24) is 0 Å². The largest absolute Gasteiger partial charge is 1.00 e. The summed E-state index contributed by atoms with van der Waals surface area (Å²) in [6, 6.07) is 68.6. The molecule has 0 spiro atoms. The Morgan fingerprint density at radius 2 is 0.433 bits per heavy atom. The first-order valence-electron chi connectivity index (χ1n) is 21.7. The maximum atomic E-state index is 6.13. The van der Waals surface area contributed by atoms with Gasteiger partial charge in [0.05, 0.1) is 55.0 Å². The molecule has 0 amide bonds. The summed E-state index contributed by atoms with van der Waals surface area (Å²) < 4.78 is 36.8. The van der Waals surface area contributed by atoms with Gasteiger partial charge in [0.15, 0.2) is 34.5 Å². The summed E-state index contributed by atoms with van der Waals surface area (Å²) in [4.78, 5) is 0. The highest BCUT2D eigenvalue weighted by Gasteiger charge is 2.53. The molecule has 0 aromatic heterocycles. The molecule has 0 N–H and O–H groups in total. The van der Waals surface area contributed by atoms with Gasteiger partial charge in [0.2, 0.25) is 0 Å². The molecule has 67 heavy (non-hydrogen) atoms. The second kappa shape index (κ2) is 23.4. The van der Waals surface area contributed by atoms with Crippen molar-refractivity contribution in [2.45, 2.75) is 18.7 Å². The second-order valence-electron chi connectivity index (χ2n) is 15.8. The molecule has 344 valence electrons. The number of hydrogen-bond donors (Lipinski definition) is 0. The van der Waals surface area contributed by atoms with E-state index in [0.717, 1.165) is 85.1 Å². The number of para-hydroxylation sites is 6. The van der Waals surface area contributed by atoms with E-state index in [0.29, 0.717) is 0 Å². The summed E-state index contributed by atoms with van der Waals surface area (Å²) in [6.45, 7) is 0. The molecule has 0 aliphatic heterocycles. The number of rotatable bonds is 18. The fourth-order valence-corrected chi connectivity index (χ4v) is 18.7. The van der Waals surface area contributed by atoms with Crippen LogP contribution in [0.3, 0.4) is 0 Å². The van der Waals surface area contributed by atoms with E-state index in [1.165, 1.54) is 22.3 Å². The molecule has 0 fully saturated rings. The van der Waals surface area contributed by atoms with Crippen molar-refractivity contribution in [2.24, 2.45) is 0 Å². The van der Waals surface area contributed by atoms with E-state index in [1.807, 2.05) is 36.4 Å². The molecule has 6 nitrogen and oxygen atoms in total. The molecular weight excluding hydrogens is 1000 g/mol. The van der Waals surface area contributed by atoms with Crippen LogP contribution in [0, 0.1) is 0 Å². The molecule has 0 aliphatic rings. The molecular formula is C57H56Br2O6P2. The smallest absolute Gasteiger partial charge is 0.161 e. The summed E-state index contributed by atoms with van der Waals surface area (Å²) >= 11 is 0. The molecule has 10 heteroatoms. The first-order valence-corrected chi connectivity index (χ1v) is 25.6. The van der Waals surface area contributed by atoms with Gasteiger partial charge >= 0.3 is 0 Å². The molecule has 8 aromatic rings. The Bertz CT molecular complexity index is 2430. The summed E-state index contributed by atoms with van der Waals surface area (Å²) in [5, 5.41) is 6.80. The Kier molecular flexibility index (Phi) is 17.7. The molecule has 0 saturated heterocycles. The SMILES string of the molecule is COc1ccccc1[P+](Cc1ccc(Cc2ccc(C[P+](c3ccccc3OC)(c3ccccc3OC)c3ccccc3OC)cc2)cc1)(c1ccccc1OC)c1ccccc1OC.[Br-].[Br-]. The van der Waals surface area contributed by atoms with Crippen LogP contribution in [0.15, 0.2) is 194 Å². The van der Waals surface area contributed by atoms with Crippen LogP contribution < -0.4 is 94.2 Å². The first-order chi connectivity index (χ1) is 31.9. The van der Waals surface area contributed by atoms with Gasteiger partial charge in [-0.3, -0.25) is 0 Å². The topological polar surface area (TPSA) is 55.4 Å². The van der Waals surface area contributed by atoms with Gasteiger partial charge in [-0.25, -0.2) is 0 Å². The lowest BCUT2D eigenvalue weighted by molar-refractivity contribution is -0.00100. The van der Waals surface area contributed by atoms with Gasteiger partial charge in [-0.1, -0.05) is 121 Å². The van der Waals surface area contributed by atoms with Crippen LogP contribution >= 0.6 is 14.5 Å². The zero-order valence-corrected chi connectivity index (χ0v) is 43.7. The van der Waals surface area contributed by atoms with Gasteiger partial charge in [0.25, 0.3) is 0 Å². The van der Waals surface area contributed by atoms with Gasteiger partial charge in [-0.05, 0) is 101 Å². The Hall–Kier alpha value is -5.62. The number of hydrogen-bond acceptors (Lipinski definition) is 6. The third kappa shape index (κ3) is 10.2. The van der Waals surface area contributed by atoms with Crippen molar-refractivity contribution >= 4 is 46.4 Å². The van der Waals surface area contributed by atoms with Crippen LogP contribution in [-0.2, 0) is 18.7 Å². The zero-order chi connectivity index (χ0) is 45.2. The van der Waals surface area contributed by atoms with E-state index in [2.05, 4.69) is 158 Å². The predicted octanol–water partition coefficient (Wildman–Crippen LogP) is 4.33. The lowest BCUT2D eigenvalue weighted by atomic mass is 10.0. The average Bonchev–Trinajstić information content (AvgIpc) is 3.38. The molecule has 0 radical (unpaired) electrons. The Balaban J connectivity index is 0.00000370. The molecule has 0 heterocycles. The fraction of sp³-hybridized carbons (Fsp3) is 0.158. The third-order valence-corrected chi connectivity index (χ3v) is 21.1. The zero-order valence-electron chi connectivity index (χ0n) is 38.7. The third-order valence-electron chi connectivity index (χ3n) is 12.3. The standard InChI is InChI=1S/C57H56O6P2.2BrH/c1-58-46-19-7-13-25-52(46)64(53-26-14-8-20-47(53)59-2,54-27-15-9-21-48(54)60-3)40-44-35-31-42(32-36-44)39-43-33-37-45(38-34-43)41-65(55-28-16-10-22-49(55)61-4,56-29-17-11-23-50(56)62-5)57-30-18-12-24-51(57)63-6;;/h7-38H,39-41H2,1-6H3;2*1H/q+2;;/p-2. The van der Waals surface area contributed by atoms with Crippen LogP contribution in [0.5, 0.6) is 34.5 Å². The van der Waals surface area contributed by atoms with Crippen LogP contribution in [0.1, 0.15) is 22.3 Å². The van der Waals surface area contributed by atoms with E-state index < -0.39 is 14.5 Å². The lowest BCUT2D eigenvalue weighted by Gasteiger charge is -2.30. The second-order valence-corrected chi connectivity index (χ2v) is 22.5. The van der Waals surface area contributed by atoms with Crippen LogP contribution in [-0.4, -0.2) is 42.7 Å². The minimum Gasteiger partial charge on any atom is -1.00 e.